The minimum absolute atomic E-state index is 0.186. The molecule has 0 unspecified atom stereocenters. The van der Waals surface area contributed by atoms with Gasteiger partial charge in [-0.3, -0.25) is 10.1 Å². The number of thiazole rings is 1. The molecule has 1 N–H and O–H groups in total. The molecule has 0 bridgehead atoms. The third-order valence-corrected chi connectivity index (χ3v) is 6.28. The standard InChI is InChI=1S/C18H14N4O2S3/c1-11-19-16(22-24-11)10-26-14-6-3-2-5-12(14)17(23)21-18-20-13(9-27-18)15-7-4-8-25-15/h2-9H,10H2,1H3,(H,20,21,23). The van der Waals surface area contributed by atoms with Crippen molar-refractivity contribution in [1.29, 1.82) is 0 Å². The van der Waals surface area contributed by atoms with Gasteiger partial charge in [0.25, 0.3) is 5.91 Å². The van der Waals surface area contributed by atoms with Gasteiger partial charge in [-0.1, -0.05) is 23.4 Å². The number of thiophene rings is 1. The second-order valence-corrected chi connectivity index (χ2v) is 8.31. The van der Waals surface area contributed by atoms with Crippen LogP contribution < -0.4 is 5.32 Å². The van der Waals surface area contributed by atoms with E-state index in [-0.39, 0.29) is 5.91 Å². The first-order valence-corrected chi connectivity index (χ1v) is 10.8. The Morgan fingerprint density at radius 1 is 1.19 bits per heavy atom. The van der Waals surface area contributed by atoms with Crippen LogP contribution in [0.2, 0.25) is 0 Å². The van der Waals surface area contributed by atoms with Gasteiger partial charge in [-0.15, -0.1) is 34.4 Å². The van der Waals surface area contributed by atoms with Gasteiger partial charge < -0.3 is 4.52 Å². The zero-order valence-electron chi connectivity index (χ0n) is 14.2. The number of nitrogens with one attached hydrogen (secondary N) is 1. The molecular formula is C18H14N4O2S3. The first-order chi connectivity index (χ1) is 13.2. The highest BCUT2D eigenvalue weighted by atomic mass is 32.2. The molecule has 1 aromatic carbocycles. The van der Waals surface area contributed by atoms with Gasteiger partial charge >= 0.3 is 0 Å². The molecular weight excluding hydrogens is 400 g/mol. The highest BCUT2D eigenvalue weighted by Gasteiger charge is 2.15. The second-order valence-electron chi connectivity index (χ2n) is 5.48. The van der Waals surface area contributed by atoms with E-state index < -0.39 is 0 Å². The van der Waals surface area contributed by atoms with E-state index in [0.717, 1.165) is 15.5 Å². The van der Waals surface area contributed by atoms with Gasteiger partial charge in [-0.25, -0.2) is 4.98 Å². The maximum Gasteiger partial charge on any atom is 0.258 e. The molecule has 0 aliphatic heterocycles. The summed E-state index contributed by atoms with van der Waals surface area (Å²) in [7, 11) is 0. The number of hydrogen-bond donors (Lipinski definition) is 1. The maximum absolute atomic E-state index is 12.7. The van der Waals surface area contributed by atoms with Crippen LogP contribution in [0.25, 0.3) is 10.6 Å². The monoisotopic (exact) mass is 414 g/mol. The predicted molar refractivity (Wildman–Crippen MR) is 108 cm³/mol. The van der Waals surface area contributed by atoms with Crippen LogP contribution >= 0.6 is 34.4 Å². The quantitative estimate of drug-likeness (QED) is 0.442. The highest BCUT2D eigenvalue weighted by Crippen LogP contribution is 2.30. The summed E-state index contributed by atoms with van der Waals surface area (Å²) < 4.78 is 4.98. The van der Waals surface area contributed by atoms with E-state index in [0.29, 0.717) is 28.2 Å². The molecule has 0 saturated heterocycles. The summed E-state index contributed by atoms with van der Waals surface area (Å²) in [5.41, 5.74) is 1.47. The van der Waals surface area contributed by atoms with Crippen LogP contribution in [0.1, 0.15) is 22.1 Å². The van der Waals surface area contributed by atoms with Gasteiger partial charge in [0.1, 0.15) is 0 Å². The Morgan fingerprint density at radius 2 is 2.07 bits per heavy atom. The molecule has 136 valence electrons. The van der Waals surface area contributed by atoms with Crippen molar-refractivity contribution in [2.24, 2.45) is 0 Å². The summed E-state index contributed by atoms with van der Waals surface area (Å²) in [6.45, 7) is 1.75. The summed E-state index contributed by atoms with van der Waals surface area (Å²) in [4.78, 5) is 23.4. The normalized spacial score (nSPS) is 10.9. The fourth-order valence-electron chi connectivity index (χ4n) is 2.36. The molecule has 1 amide bonds. The minimum atomic E-state index is -0.186. The number of nitrogens with zero attached hydrogens (tertiary/aromatic N) is 3. The molecule has 0 aliphatic carbocycles. The number of thioether (sulfide) groups is 1. The number of carbonyl (C=O) groups excluding carboxylic acids is 1. The van der Waals surface area contributed by atoms with Gasteiger partial charge in [0.05, 0.1) is 21.9 Å². The van der Waals surface area contributed by atoms with Crippen LogP contribution in [-0.4, -0.2) is 21.0 Å². The topological polar surface area (TPSA) is 80.9 Å². The molecule has 0 spiro atoms. The molecule has 3 aromatic heterocycles. The molecule has 4 aromatic rings. The lowest BCUT2D eigenvalue weighted by molar-refractivity contribution is 0.102. The van der Waals surface area contributed by atoms with Crippen LogP contribution in [0.15, 0.2) is 56.6 Å². The molecule has 0 atom stereocenters. The number of anilines is 1. The molecule has 0 fully saturated rings. The Morgan fingerprint density at radius 3 is 2.85 bits per heavy atom. The smallest absolute Gasteiger partial charge is 0.258 e. The van der Waals surface area contributed by atoms with Crippen LogP contribution in [0.3, 0.4) is 0 Å². The third kappa shape index (κ3) is 4.26. The summed E-state index contributed by atoms with van der Waals surface area (Å²) >= 11 is 4.53. The summed E-state index contributed by atoms with van der Waals surface area (Å²) in [6, 6.07) is 11.4. The average Bonchev–Trinajstić information content (AvgIpc) is 3.42. The van der Waals surface area contributed by atoms with Gasteiger partial charge in [0, 0.05) is 17.2 Å². The van der Waals surface area contributed by atoms with Crippen LogP contribution in [-0.2, 0) is 5.75 Å². The van der Waals surface area contributed by atoms with Gasteiger partial charge in [-0.2, -0.15) is 4.98 Å². The number of aryl methyl sites for hydroxylation is 1. The summed E-state index contributed by atoms with van der Waals surface area (Å²) in [5, 5.41) is 11.3. The molecule has 0 aliphatic rings. The average molecular weight is 415 g/mol. The van der Waals surface area contributed by atoms with Crippen LogP contribution in [0, 0.1) is 6.92 Å². The SMILES string of the molecule is Cc1nc(CSc2ccccc2C(=O)Nc2nc(-c3cccs3)cs2)no1. The highest BCUT2D eigenvalue weighted by molar-refractivity contribution is 7.98. The van der Waals surface area contributed by atoms with Crippen molar-refractivity contribution in [3.63, 3.8) is 0 Å². The summed E-state index contributed by atoms with van der Waals surface area (Å²) in [6.07, 6.45) is 0. The van der Waals surface area contributed by atoms with Crippen molar-refractivity contribution < 1.29 is 9.32 Å². The fraction of sp³-hybridized carbons (Fsp3) is 0.111. The Bertz CT molecular complexity index is 1060. The third-order valence-electron chi connectivity index (χ3n) is 3.56. The van der Waals surface area contributed by atoms with E-state index in [9.17, 15) is 4.79 Å². The van der Waals surface area contributed by atoms with Crippen molar-refractivity contribution in [2.75, 3.05) is 5.32 Å². The lowest BCUT2D eigenvalue weighted by Gasteiger charge is -2.07. The first-order valence-electron chi connectivity index (χ1n) is 8.01. The first kappa shape index (κ1) is 17.9. The van der Waals surface area contributed by atoms with E-state index in [4.69, 9.17) is 4.52 Å². The van der Waals surface area contributed by atoms with E-state index in [1.54, 1.807) is 24.3 Å². The maximum atomic E-state index is 12.7. The van der Waals surface area contributed by atoms with Crippen LogP contribution in [0.5, 0.6) is 0 Å². The molecule has 4 rings (SSSR count). The van der Waals surface area contributed by atoms with E-state index >= 15 is 0 Å². The molecule has 9 heteroatoms. The summed E-state index contributed by atoms with van der Waals surface area (Å²) in [5.74, 6) is 1.48. The molecule has 6 nitrogen and oxygen atoms in total. The zero-order valence-corrected chi connectivity index (χ0v) is 16.7. The van der Waals surface area contributed by atoms with E-state index in [2.05, 4.69) is 20.4 Å². The Balaban J connectivity index is 1.47. The molecule has 3 heterocycles. The van der Waals surface area contributed by atoms with E-state index in [1.807, 2.05) is 41.1 Å². The van der Waals surface area contributed by atoms with Crippen molar-refractivity contribution in [1.82, 2.24) is 15.1 Å². The van der Waals surface area contributed by atoms with Crippen molar-refractivity contribution in [3.05, 3.63) is 64.4 Å². The number of rotatable bonds is 6. The van der Waals surface area contributed by atoms with Crippen LogP contribution in [0.4, 0.5) is 5.13 Å². The van der Waals surface area contributed by atoms with Gasteiger partial charge in [0.2, 0.25) is 5.89 Å². The number of carbonyl (C=O) groups is 1. The van der Waals surface area contributed by atoms with E-state index in [1.165, 1.54) is 23.1 Å². The lowest BCUT2D eigenvalue weighted by Crippen LogP contribution is -2.12. The minimum Gasteiger partial charge on any atom is -0.340 e. The van der Waals surface area contributed by atoms with Crippen molar-refractivity contribution in [2.45, 2.75) is 17.6 Å². The molecule has 0 saturated carbocycles. The zero-order chi connectivity index (χ0) is 18.6. The fourth-order valence-corrected chi connectivity index (χ4v) is 4.71. The lowest BCUT2D eigenvalue weighted by atomic mass is 10.2. The number of hydrogen-bond acceptors (Lipinski definition) is 8. The number of benzene rings is 1. The second kappa shape index (κ2) is 8.03. The Labute approximate surface area is 167 Å². The Hall–Kier alpha value is -2.49. The number of amides is 1. The number of aromatic nitrogens is 3. The largest absolute Gasteiger partial charge is 0.340 e. The van der Waals surface area contributed by atoms with Crippen molar-refractivity contribution >= 4 is 45.5 Å². The van der Waals surface area contributed by atoms with Crippen molar-refractivity contribution in [3.8, 4) is 10.6 Å². The molecule has 27 heavy (non-hydrogen) atoms. The molecule has 0 radical (unpaired) electrons. The van der Waals surface area contributed by atoms with Gasteiger partial charge in [-0.05, 0) is 23.6 Å². The van der Waals surface area contributed by atoms with Gasteiger partial charge in [0.15, 0.2) is 11.0 Å². The predicted octanol–water partition coefficient (Wildman–Crippen LogP) is 5.11. The Kier molecular flexibility index (Phi) is 5.33.